The third-order valence-electron chi connectivity index (χ3n) is 4.75. The summed E-state index contributed by atoms with van der Waals surface area (Å²) in [6.45, 7) is -0.196. The Bertz CT molecular complexity index is 990. The molecule has 7 nitrogen and oxygen atoms in total. The maximum atomic E-state index is 12.4. The molecule has 1 heterocycles. The minimum atomic E-state index is -0.550. The van der Waals surface area contributed by atoms with Crippen LogP contribution in [0.3, 0.4) is 0 Å². The lowest BCUT2D eigenvalue weighted by atomic mass is 9.85. The van der Waals surface area contributed by atoms with E-state index in [-0.39, 0.29) is 12.5 Å². The predicted molar refractivity (Wildman–Crippen MR) is 102 cm³/mol. The number of imidazole rings is 1. The lowest BCUT2D eigenvalue weighted by Crippen LogP contribution is -2.20. The maximum Gasteiger partial charge on any atom is 0.255 e. The van der Waals surface area contributed by atoms with Gasteiger partial charge in [-0.05, 0) is 55.3 Å². The number of benzene rings is 2. The van der Waals surface area contributed by atoms with Crippen molar-refractivity contribution < 1.29 is 14.3 Å². The Morgan fingerprint density at radius 3 is 2.63 bits per heavy atom. The predicted octanol–water partition coefficient (Wildman–Crippen LogP) is 2.95. The summed E-state index contributed by atoms with van der Waals surface area (Å²) in [5.41, 5.74) is 8.05. The maximum absolute atomic E-state index is 12.4. The van der Waals surface area contributed by atoms with Gasteiger partial charge in [-0.15, -0.1) is 0 Å². The van der Waals surface area contributed by atoms with Crippen molar-refractivity contribution >= 4 is 28.5 Å². The van der Waals surface area contributed by atoms with E-state index in [0.717, 1.165) is 16.9 Å². The minimum absolute atomic E-state index is 0.196. The van der Waals surface area contributed by atoms with Crippen LogP contribution in [0.25, 0.3) is 11.0 Å². The second-order valence-corrected chi connectivity index (χ2v) is 6.72. The normalized spacial score (nSPS) is 13.9. The number of aromatic amines is 1. The van der Waals surface area contributed by atoms with Crippen molar-refractivity contribution in [1.82, 2.24) is 9.97 Å². The lowest BCUT2D eigenvalue weighted by molar-refractivity contribution is -0.119. The molecule has 0 saturated heterocycles. The van der Waals surface area contributed by atoms with Gasteiger partial charge in [0.25, 0.3) is 11.8 Å². The molecule has 1 aliphatic rings. The standard InChI is InChI=1S/C20H20N4O3/c21-18(25)11-27-15-7-4-13(5-8-15)20(26)22-14-6-9-16-17(10-14)24-19(23-16)12-2-1-3-12/h4-10,12H,1-3,11H2,(H2,21,25)(H,22,26)(H,23,24). The van der Waals surface area contributed by atoms with E-state index in [1.54, 1.807) is 24.3 Å². The molecule has 4 rings (SSSR count). The van der Waals surface area contributed by atoms with Gasteiger partial charge in [0, 0.05) is 17.2 Å². The van der Waals surface area contributed by atoms with Crippen molar-refractivity contribution in [2.45, 2.75) is 25.2 Å². The molecule has 0 unspecified atom stereocenters. The molecule has 27 heavy (non-hydrogen) atoms. The first-order valence-electron chi connectivity index (χ1n) is 8.91. The number of rotatable bonds is 6. The van der Waals surface area contributed by atoms with Crippen molar-refractivity contribution in [3.63, 3.8) is 0 Å². The van der Waals surface area contributed by atoms with Crippen LogP contribution < -0.4 is 15.8 Å². The smallest absolute Gasteiger partial charge is 0.255 e. The Hall–Kier alpha value is -3.35. The number of hydrogen-bond acceptors (Lipinski definition) is 4. The van der Waals surface area contributed by atoms with Crippen LogP contribution in [0.15, 0.2) is 42.5 Å². The molecule has 1 saturated carbocycles. The van der Waals surface area contributed by atoms with Crippen molar-refractivity contribution in [3.8, 4) is 5.75 Å². The van der Waals surface area contributed by atoms with Gasteiger partial charge in [0.1, 0.15) is 11.6 Å². The molecule has 0 spiro atoms. The average molecular weight is 364 g/mol. The number of primary amides is 1. The number of nitrogens with zero attached hydrogens (tertiary/aromatic N) is 1. The number of amides is 2. The van der Waals surface area contributed by atoms with Crippen LogP contribution >= 0.6 is 0 Å². The molecule has 1 aromatic heterocycles. The molecular formula is C20H20N4O3. The molecule has 4 N–H and O–H groups in total. The molecule has 2 aromatic carbocycles. The summed E-state index contributed by atoms with van der Waals surface area (Å²) in [5, 5.41) is 2.88. The van der Waals surface area contributed by atoms with E-state index in [0.29, 0.717) is 22.9 Å². The topological polar surface area (TPSA) is 110 Å². The fraction of sp³-hybridized carbons (Fsp3) is 0.250. The number of anilines is 1. The van der Waals surface area contributed by atoms with Crippen LogP contribution in [0.4, 0.5) is 5.69 Å². The van der Waals surface area contributed by atoms with Gasteiger partial charge in [-0.25, -0.2) is 4.98 Å². The number of hydrogen-bond donors (Lipinski definition) is 3. The average Bonchev–Trinajstić information content (AvgIpc) is 3.01. The highest BCUT2D eigenvalue weighted by Crippen LogP contribution is 2.35. The fourth-order valence-corrected chi connectivity index (χ4v) is 3.04. The second-order valence-electron chi connectivity index (χ2n) is 6.72. The van der Waals surface area contributed by atoms with E-state index in [9.17, 15) is 9.59 Å². The summed E-state index contributed by atoms with van der Waals surface area (Å²) < 4.78 is 5.19. The fourth-order valence-electron chi connectivity index (χ4n) is 3.04. The van der Waals surface area contributed by atoms with E-state index in [2.05, 4.69) is 15.3 Å². The Kier molecular flexibility index (Phi) is 4.50. The quantitative estimate of drug-likeness (QED) is 0.624. The summed E-state index contributed by atoms with van der Waals surface area (Å²) in [6.07, 6.45) is 3.63. The number of H-pyrrole nitrogens is 1. The van der Waals surface area contributed by atoms with Crippen LogP contribution in [0.2, 0.25) is 0 Å². The Balaban J connectivity index is 1.44. The Morgan fingerprint density at radius 2 is 1.96 bits per heavy atom. The van der Waals surface area contributed by atoms with Gasteiger partial charge in [-0.2, -0.15) is 0 Å². The van der Waals surface area contributed by atoms with Crippen LogP contribution in [0, 0.1) is 0 Å². The Labute approximate surface area is 155 Å². The molecular weight excluding hydrogens is 344 g/mol. The highest BCUT2D eigenvalue weighted by atomic mass is 16.5. The van der Waals surface area contributed by atoms with Crippen LogP contribution in [0.5, 0.6) is 5.75 Å². The van der Waals surface area contributed by atoms with Crippen LogP contribution in [-0.4, -0.2) is 28.4 Å². The van der Waals surface area contributed by atoms with E-state index in [1.165, 1.54) is 19.3 Å². The second kappa shape index (κ2) is 7.11. The highest BCUT2D eigenvalue weighted by molar-refractivity contribution is 6.05. The Morgan fingerprint density at radius 1 is 1.19 bits per heavy atom. The minimum Gasteiger partial charge on any atom is -0.484 e. The van der Waals surface area contributed by atoms with Gasteiger partial charge in [0.05, 0.1) is 11.0 Å². The van der Waals surface area contributed by atoms with Gasteiger partial charge in [-0.3, -0.25) is 9.59 Å². The number of carbonyl (C=O) groups excluding carboxylic acids is 2. The summed E-state index contributed by atoms with van der Waals surface area (Å²) in [5.74, 6) is 1.27. The first-order chi connectivity index (χ1) is 13.1. The van der Waals surface area contributed by atoms with Gasteiger partial charge < -0.3 is 20.8 Å². The lowest BCUT2D eigenvalue weighted by Gasteiger charge is -2.22. The van der Waals surface area contributed by atoms with Gasteiger partial charge in [0.15, 0.2) is 6.61 Å². The molecule has 1 aliphatic carbocycles. The molecule has 7 heteroatoms. The van der Waals surface area contributed by atoms with Crippen LogP contribution in [-0.2, 0) is 4.79 Å². The van der Waals surface area contributed by atoms with Crippen LogP contribution in [0.1, 0.15) is 41.4 Å². The molecule has 138 valence electrons. The summed E-state index contributed by atoms with van der Waals surface area (Å²) in [7, 11) is 0. The van der Waals surface area contributed by atoms with E-state index in [1.807, 2.05) is 18.2 Å². The van der Waals surface area contributed by atoms with E-state index in [4.69, 9.17) is 10.5 Å². The first kappa shape index (κ1) is 17.1. The molecule has 0 aliphatic heterocycles. The summed E-state index contributed by atoms with van der Waals surface area (Å²) in [4.78, 5) is 31.2. The highest BCUT2D eigenvalue weighted by Gasteiger charge is 2.22. The number of carbonyl (C=O) groups is 2. The largest absolute Gasteiger partial charge is 0.484 e. The molecule has 0 radical (unpaired) electrons. The number of aromatic nitrogens is 2. The zero-order chi connectivity index (χ0) is 18.8. The first-order valence-corrected chi connectivity index (χ1v) is 8.91. The zero-order valence-corrected chi connectivity index (χ0v) is 14.7. The van der Waals surface area contributed by atoms with Gasteiger partial charge in [0.2, 0.25) is 0 Å². The monoisotopic (exact) mass is 364 g/mol. The van der Waals surface area contributed by atoms with Gasteiger partial charge in [-0.1, -0.05) is 6.42 Å². The van der Waals surface area contributed by atoms with Gasteiger partial charge >= 0.3 is 0 Å². The molecule has 3 aromatic rings. The summed E-state index contributed by atoms with van der Waals surface area (Å²) >= 11 is 0. The van der Waals surface area contributed by atoms with E-state index < -0.39 is 5.91 Å². The summed E-state index contributed by atoms with van der Waals surface area (Å²) in [6, 6.07) is 12.2. The number of nitrogens with two attached hydrogens (primary N) is 1. The van der Waals surface area contributed by atoms with Crippen molar-refractivity contribution in [3.05, 3.63) is 53.9 Å². The molecule has 0 atom stereocenters. The number of fused-ring (bicyclic) bond motifs is 1. The third-order valence-corrected chi connectivity index (χ3v) is 4.75. The molecule has 1 fully saturated rings. The van der Waals surface area contributed by atoms with Crippen molar-refractivity contribution in [2.24, 2.45) is 5.73 Å². The number of ether oxygens (including phenoxy) is 1. The number of nitrogens with one attached hydrogen (secondary N) is 2. The third kappa shape index (κ3) is 3.76. The molecule has 0 bridgehead atoms. The van der Waals surface area contributed by atoms with Crippen molar-refractivity contribution in [1.29, 1.82) is 0 Å². The zero-order valence-electron chi connectivity index (χ0n) is 14.7. The SMILES string of the molecule is NC(=O)COc1ccc(C(=O)Nc2ccc3nc(C4CCC4)[nH]c3c2)cc1. The van der Waals surface area contributed by atoms with Crippen molar-refractivity contribution in [2.75, 3.05) is 11.9 Å². The van der Waals surface area contributed by atoms with E-state index >= 15 is 0 Å². The molecule has 2 amide bonds.